The van der Waals surface area contributed by atoms with Crippen molar-refractivity contribution in [1.82, 2.24) is 4.90 Å². The van der Waals surface area contributed by atoms with Gasteiger partial charge in [-0.2, -0.15) is 0 Å². The molecular weight excluding hydrogens is 186 g/mol. The predicted octanol–water partition coefficient (Wildman–Crippen LogP) is 2.58. The number of likely N-dealkylation sites (tertiary alicyclic amines) is 1. The Balaban J connectivity index is 2.54. The molecule has 0 bridgehead atoms. The summed E-state index contributed by atoms with van der Waals surface area (Å²) in [7, 11) is 0. The summed E-state index contributed by atoms with van der Waals surface area (Å²) in [6.07, 6.45) is 1.33. The maximum Gasteiger partial charge on any atom is 0.136 e. The van der Waals surface area contributed by atoms with Crippen LogP contribution >= 0.6 is 0 Å². The zero-order valence-corrected chi connectivity index (χ0v) is 10.8. The highest BCUT2D eigenvalue weighted by atomic mass is 16.1. The predicted molar refractivity (Wildman–Crippen MR) is 63.8 cm³/mol. The van der Waals surface area contributed by atoms with Crippen LogP contribution in [0.5, 0.6) is 0 Å². The Morgan fingerprint density at radius 2 is 1.73 bits per heavy atom. The van der Waals surface area contributed by atoms with Crippen LogP contribution in [0.2, 0.25) is 0 Å². The van der Waals surface area contributed by atoms with Crippen molar-refractivity contribution >= 4 is 5.78 Å². The lowest BCUT2D eigenvalue weighted by atomic mass is 9.85. The Morgan fingerprint density at radius 3 is 2.13 bits per heavy atom. The Kier molecular flexibility index (Phi) is 3.93. The van der Waals surface area contributed by atoms with Crippen molar-refractivity contribution in [1.29, 1.82) is 0 Å². The number of piperidine rings is 1. The Labute approximate surface area is 94.0 Å². The number of rotatable bonds is 3. The first kappa shape index (κ1) is 12.7. The molecule has 2 nitrogen and oxygen atoms in total. The lowest BCUT2D eigenvalue weighted by Gasteiger charge is -2.38. The van der Waals surface area contributed by atoms with E-state index in [1.807, 2.05) is 0 Å². The van der Waals surface area contributed by atoms with E-state index >= 15 is 0 Å². The van der Waals surface area contributed by atoms with E-state index in [-0.39, 0.29) is 5.41 Å². The summed E-state index contributed by atoms with van der Waals surface area (Å²) < 4.78 is 0. The fourth-order valence-electron chi connectivity index (χ4n) is 2.59. The number of carbonyl (C=O) groups is 1. The number of Topliss-reactive ketones (excluding diaryl/α,β-unsaturated/α-hetero) is 1. The second kappa shape index (κ2) is 4.65. The molecule has 15 heavy (non-hydrogen) atoms. The fraction of sp³-hybridized carbons (Fsp3) is 0.923. The van der Waals surface area contributed by atoms with Crippen LogP contribution < -0.4 is 0 Å². The van der Waals surface area contributed by atoms with Gasteiger partial charge in [-0.1, -0.05) is 27.7 Å². The first-order valence-electron chi connectivity index (χ1n) is 6.04. The van der Waals surface area contributed by atoms with Gasteiger partial charge in [0.1, 0.15) is 5.78 Å². The molecule has 1 fully saturated rings. The Morgan fingerprint density at radius 1 is 1.27 bits per heavy atom. The minimum atomic E-state index is -0.184. The third-order valence-electron chi connectivity index (χ3n) is 3.52. The molecule has 1 rings (SSSR count). The van der Waals surface area contributed by atoms with Crippen LogP contribution in [-0.2, 0) is 4.79 Å². The Hall–Kier alpha value is -0.370. The van der Waals surface area contributed by atoms with Gasteiger partial charge in [0.2, 0.25) is 0 Å². The van der Waals surface area contributed by atoms with E-state index in [0.29, 0.717) is 5.78 Å². The number of hydrogen-bond acceptors (Lipinski definition) is 2. The summed E-state index contributed by atoms with van der Waals surface area (Å²) in [5.74, 6) is 1.85. The highest BCUT2D eigenvalue weighted by Gasteiger charge is 2.30. The summed E-state index contributed by atoms with van der Waals surface area (Å²) in [5.41, 5.74) is -0.184. The molecule has 1 aliphatic heterocycles. The van der Waals surface area contributed by atoms with Gasteiger partial charge in [-0.3, -0.25) is 4.79 Å². The topological polar surface area (TPSA) is 20.3 Å². The number of carbonyl (C=O) groups excluding carboxylic acids is 1. The first-order valence-corrected chi connectivity index (χ1v) is 6.04. The summed E-state index contributed by atoms with van der Waals surface area (Å²) in [5, 5.41) is 0. The first-order chi connectivity index (χ1) is 6.81. The Bertz CT molecular complexity index is 225. The molecule has 0 radical (unpaired) electrons. The van der Waals surface area contributed by atoms with Gasteiger partial charge in [0.05, 0.1) is 0 Å². The van der Waals surface area contributed by atoms with Crippen LogP contribution in [0.4, 0.5) is 0 Å². The maximum absolute atomic E-state index is 11.5. The van der Waals surface area contributed by atoms with Crippen molar-refractivity contribution < 1.29 is 4.79 Å². The minimum Gasteiger partial charge on any atom is -0.302 e. The third kappa shape index (κ3) is 3.60. The van der Waals surface area contributed by atoms with Crippen molar-refractivity contribution in [3.63, 3.8) is 0 Å². The molecule has 1 aliphatic rings. The van der Waals surface area contributed by atoms with Crippen LogP contribution in [0.3, 0.4) is 0 Å². The second-order valence-electron chi connectivity index (χ2n) is 6.08. The highest BCUT2D eigenvalue weighted by molar-refractivity contribution is 5.81. The molecule has 0 spiro atoms. The molecule has 2 heteroatoms. The minimum absolute atomic E-state index is 0.184. The van der Waals surface area contributed by atoms with Crippen LogP contribution in [0.1, 0.15) is 41.0 Å². The molecule has 0 aliphatic carbocycles. The molecule has 0 aromatic heterocycles. The second-order valence-corrected chi connectivity index (χ2v) is 6.08. The zero-order valence-electron chi connectivity index (χ0n) is 10.8. The van der Waals surface area contributed by atoms with Gasteiger partial charge in [0.25, 0.3) is 0 Å². The fourth-order valence-corrected chi connectivity index (χ4v) is 2.59. The summed E-state index contributed by atoms with van der Waals surface area (Å²) in [4.78, 5) is 13.9. The van der Waals surface area contributed by atoms with Crippen molar-refractivity contribution in [2.45, 2.75) is 41.0 Å². The van der Waals surface area contributed by atoms with Gasteiger partial charge in [-0.25, -0.2) is 0 Å². The van der Waals surface area contributed by atoms with Crippen molar-refractivity contribution in [2.24, 2.45) is 17.3 Å². The summed E-state index contributed by atoms with van der Waals surface area (Å²) >= 11 is 0. The van der Waals surface area contributed by atoms with Crippen LogP contribution in [-0.4, -0.2) is 30.3 Å². The van der Waals surface area contributed by atoms with Crippen LogP contribution in [0, 0.1) is 17.3 Å². The van der Waals surface area contributed by atoms with Gasteiger partial charge >= 0.3 is 0 Å². The molecule has 0 N–H and O–H groups in total. The number of ketones is 1. The largest absolute Gasteiger partial charge is 0.302 e. The molecule has 1 saturated heterocycles. The van der Waals surface area contributed by atoms with E-state index in [9.17, 15) is 4.79 Å². The van der Waals surface area contributed by atoms with Gasteiger partial charge in [-0.15, -0.1) is 0 Å². The lowest BCUT2D eigenvalue weighted by Crippen LogP contribution is -2.45. The van der Waals surface area contributed by atoms with Gasteiger partial charge < -0.3 is 4.90 Å². The quantitative estimate of drug-likeness (QED) is 0.715. The number of nitrogens with zero attached hydrogens (tertiary/aromatic N) is 1. The van der Waals surface area contributed by atoms with Crippen molar-refractivity contribution in [3.8, 4) is 0 Å². The van der Waals surface area contributed by atoms with E-state index in [0.717, 1.165) is 31.5 Å². The van der Waals surface area contributed by atoms with Crippen LogP contribution in [0.25, 0.3) is 0 Å². The lowest BCUT2D eigenvalue weighted by molar-refractivity contribution is -0.126. The summed E-state index contributed by atoms with van der Waals surface area (Å²) in [6, 6.07) is 0. The average Bonchev–Trinajstić information content (AvgIpc) is 1.99. The van der Waals surface area contributed by atoms with Crippen LogP contribution in [0.15, 0.2) is 0 Å². The van der Waals surface area contributed by atoms with Crippen molar-refractivity contribution in [2.75, 3.05) is 19.6 Å². The van der Waals surface area contributed by atoms with E-state index in [1.165, 1.54) is 6.42 Å². The smallest absolute Gasteiger partial charge is 0.136 e. The molecule has 2 atom stereocenters. The molecule has 0 aromatic rings. The molecule has 88 valence electrons. The monoisotopic (exact) mass is 211 g/mol. The van der Waals surface area contributed by atoms with Gasteiger partial charge in [0.15, 0.2) is 0 Å². The van der Waals surface area contributed by atoms with Gasteiger partial charge in [-0.05, 0) is 25.2 Å². The third-order valence-corrected chi connectivity index (χ3v) is 3.52. The van der Waals surface area contributed by atoms with E-state index in [1.54, 1.807) is 6.92 Å². The molecule has 0 amide bonds. The normalized spacial score (nSPS) is 29.1. The van der Waals surface area contributed by atoms with E-state index in [2.05, 4.69) is 32.6 Å². The zero-order chi connectivity index (χ0) is 11.6. The molecule has 1 heterocycles. The van der Waals surface area contributed by atoms with Crippen molar-refractivity contribution in [3.05, 3.63) is 0 Å². The van der Waals surface area contributed by atoms with E-state index in [4.69, 9.17) is 0 Å². The molecule has 0 aromatic carbocycles. The van der Waals surface area contributed by atoms with Gasteiger partial charge in [0, 0.05) is 25.0 Å². The highest BCUT2D eigenvalue weighted by Crippen LogP contribution is 2.25. The number of hydrogen-bond donors (Lipinski definition) is 0. The standard InChI is InChI=1S/C13H25NO/c1-10-6-11(2)8-14(7-10)9-13(4,5)12(3)15/h10-11H,6-9H2,1-5H3. The molecule has 0 saturated carbocycles. The summed E-state index contributed by atoms with van der Waals surface area (Å²) in [6.45, 7) is 13.7. The maximum atomic E-state index is 11.5. The van der Waals surface area contributed by atoms with E-state index < -0.39 is 0 Å². The molecule has 2 unspecified atom stereocenters. The SMILES string of the molecule is CC(=O)C(C)(C)CN1CC(C)CC(C)C1. The average molecular weight is 211 g/mol. The molecular formula is C13H25NO.